The average molecular weight is 400 g/mol. The Kier molecular flexibility index (Phi) is 6.67. The molecule has 7 nitrogen and oxygen atoms in total. The first-order valence-corrected chi connectivity index (χ1v) is 10.9. The molecule has 3 saturated heterocycles. The number of hydrogen-bond donors (Lipinski definition) is 1. The van der Waals surface area contributed by atoms with Crippen molar-refractivity contribution in [1.29, 1.82) is 0 Å². The molecular weight excluding hydrogens is 366 g/mol. The normalized spacial score (nSPS) is 25.3. The van der Waals surface area contributed by atoms with Gasteiger partial charge in [0.05, 0.1) is 18.8 Å². The van der Waals surface area contributed by atoms with Gasteiger partial charge in [-0.25, -0.2) is 4.99 Å². The van der Waals surface area contributed by atoms with Crippen molar-refractivity contribution < 1.29 is 9.53 Å². The van der Waals surface area contributed by atoms with E-state index in [0.29, 0.717) is 6.04 Å². The van der Waals surface area contributed by atoms with Gasteiger partial charge in [-0.05, 0) is 25.3 Å². The molecule has 1 aromatic rings. The standard InChI is InChI=1S/C22H33N5O2/c1-2-23-22(24-14-21(28)25-10-6-7-11-25)27-16-19-20(17-27)29-13-12-26(19)15-18-8-4-3-5-9-18/h3-5,8-9,19-20H,2,6-7,10-17H2,1H3,(H,23,24). The van der Waals surface area contributed by atoms with Crippen LogP contribution in [0.1, 0.15) is 25.3 Å². The monoisotopic (exact) mass is 399 g/mol. The van der Waals surface area contributed by atoms with E-state index in [9.17, 15) is 4.79 Å². The molecule has 3 fully saturated rings. The summed E-state index contributed by atoms with van der Waals surface area (Å²) in [6, 6.07) is 11.0. The summed E-state index contributed by atoms with van der Waals surface area (Å²) >= 11 is 0. The SMILES string of the molecule is CCNC(=NCC(=O)N1CCCC1)N1CC2OCCN(Cc3ccccc3)C2C1. The second kappa shape index (κ2) is 9.59. The molecule has 1 aromatic carbocycles. The van der Waals surface area contributed by atoms with Crippen LogP contribution >= 0.6 is 0 Å². The number of amides is 1. The van der Waals surface area contributed by atoms with E-state index in [1.54, 1.807) is 0 Å². The van der Waals surface area contributed by atoms with E-state index in [-0.39, 0.29) is 18.6 Å². The fourth-order valence-electron chi connectivity index (χ4n) is 4.58. The van der Waals surface area contributed by atoms with Crippen LogP contribution in [-0.2, 0) is 16.1 Å². The van der Waals surface area contributed by atoms with Crippen LogP contribution < -0.4 is 5.32 Å². The van der Waals surface area contributed by atoms with Crippen molar-refractivity contribution in [2.45, 2.75) is 38.5 Å². The zero-order chi connectivity index (χ0) is 20.1. The maximum absolute atomic E-state index is 12.4. The summed E-state index contributed by atoms with van der Waals surface area (Å²) in [5.41, 5.74) is 1.34. The van der Waals surface area contributed by atoms with Crippen LogP contribution in [0, 0.1) is 0 Å². The minimum atomic E-state index is 0.136. The number of nitrogens with one attached hydrogen (secondary N) is 1. The molecule has 0 saturated carbocycles. The molecule has 3 heterocycles. The van der Waals surface area contributed by atoms with Crippen LogP contribution in [0.25, 0.3) is 0 Å². The van der Waals surface area contributed by atoms with Gasteiger partial charge in [0.15, 0.2) is 5.96 Å². The van der Waals surface area contributed by atoms with Gasteiger partial charge < -0.3 is 19.9 Å². The van der Waals surface area contributed by atoms with E-state index in [1.807, 2.05) is 4.90 Å². The van der Waals surface area contributed by atoms with Crippen LogP contribution in [0.2, 0.25) is 0 Å². The minimum Gasteiger partial charge on any atom is -0.373 e. The number of benzene rings is 1. The lowest BCUT2D eigenvalue weighted by Crippen LogP contribution is -2.50. The Morgan fingerprint density at radius 1 is 1.14 bits per heavy atom. The van der Waals surface area contributed by atoms with Crippen molar-refractivity contribution in [3.05, 3.63) is 35.9 Å². The lowest BCUT2D eigenvalue weighted by atomic mass is 10.1. The molecule has 3 aliphatic rings. The van der Waals surface area contributed by atoms with E-state index < -0.39 is 0 Å². The third-order valence-corrected chi connectivity index (χ3v) is 6.10. The number of guanidine groups is 1. The summed E-state index contributed by atoms with van der Waals surface area (Å²) in [7, 11) is 0. The van der Waals surface area contributed by atoms with Gasteiger partial charge in [0.1, 0.15) is 6.54 Å². The van der Waals surface area contributed by atoms with Crippen molar-refractivity contribution in [2.75, 3.05) is 52.4 Å². The Hall–Kier alpha value is -2.12. The largest absolute Gasteiger partial charge is 0.373 e. The molecule has 0 bridgehead atoms. The molecule has 3 aliphatic heterocycles. The predicted molar refractivity (Wildman–Crippen MR) is 114 cm³/mol. The van der Waals surface area contributed by atoms with Gasteiger partial charge in [-0.1, -0.05) is 30.3 Å². The van der Waals surface area contributed by atoms with Crippen LogP contribution in [0.3, 0.4) is 0 Å². The summed E-state index contributed by atoms with van der Waals surface area (Å²) in [6.07, 6.45) is 2.41. The Labute approximate surface area is 173 Å². The minimum absolute atomic E-state index is 0.136. The van der Waals surface area contributed by atoms with E-state index >= 15 is 0 Å². The van der Waals surface area contributed by atoms with Crippen molar-refractivity contribution in [3.63, 3.8) is 0 Å². The van der Waals surface area contributed by atoms with E-state index in [2.05, 4.69) is 57.4 Å². The second-order valence-corrected chi connectivity index (χ2v) is 8.10. The third-order valence-electron chi connectivity index (χ3n) is 6.10. The molecule has 0 spiro atoms. The van der Waals surface area contributed by atoms with Crippen molar-refractivity contribution in [2.24, 2.45) is 4.99 Å². The fourth-order valence-corrected chi connectivity index (χ4v) is 4.58. The third kappa shape index (κ3) is 4.90. The molecule has 0 aromatic heterocycles. The molecular formula is C22H33N5O2. The zero-order valence-corrected chi connectivity index (χ0v) is 17.4. The van der Waals surface area contributed by atoms with Crippen LogP contribution in [-0.4, -0.2) is 91.1 Å². The highest BCUT2D eigenvalue weighted by atomic mass is 16.5. The Morgan fingerprint density at radius 2 is 1.93 bits per heavy atom. The first kappa shape index (κ1) is 20.2. The van der Waals surface area contributed by atoms with Gasteiger partial charge in [0, 0.05) is 45.8 Å². The van der Waals surface area contributed by atoms with Gasteiger partial charge in [0.2, 0.25) is 5.91 Å². The molecule has 4 rings (SSSR count). The Balaban J connectivity index is 1.40. The number of morpholine rings is 1. The summed E-state index contributed by atoms with van der Waals surface area (Å²) in [6.45, 7) is 9.19. The molecule has 2 atom stereocenters. The number of carbonyl (C=O) groups is 1. The lowest BCUT2D eigenvalue weighted by Gasteiger charge is -2.36. The average Bonchev–Trinajstić information content (AvgIpc) is 3.42. The Bertz CT molecular complexity index is 704. The fraction of sp³-hybridized carbons (Fsp3) is 0.636. The number of ether oxygens (including phenoxy) is 1. The highest BCUT2D eigenvalue weighted by Crippen LogP contribution is 2.24. The number of aliphatic imine (C=N–C) groups is 1. The van der Waals surface area contributed by atoms with E-state index in [4.69, 9.17) is 4.74 Å². The highest BCUT2D eigenvalue weighted by molar-refractivity contribution is 5.85. The summed E-state index contributed by atoms with van der Waals surface area (Å²) < 4.78 is 6.09. The molecule has 1 N–H and O–H groups in total. The molecule has 0 aliphatic carbocycles. The number of nitrogens with zero attached hydrogens (tertiary/aromatic N) is 4. The maximum Gasteiger partial charge on any atom is 0.244 e. The molecule has 158 valence electrons. The van der Waals surface area contributed by atoms with Gasteiger partial charge in [0.25, 0.3) is 0 Å². The molecule has 1 amide bonds. The summed E-state index contributed by atoms with van der Waals surface area (Å²) in [4.78, 5) is 23.8. The second-order valence-electron chi connectivity index (χ2n) is 8.10. The Morgan fingerprint density at radius 3 is 2.69 bits per heavy atom. The highest BCUT2D eigenvalue weighted by Gasteiger charge is 2.41. The smallest absolute Gasteiger partial charge is 0.244 e. The van der Waals surface area contributed by atoms with Crippen LogP contribution in [0.4, 0.5) is 0 Å². The van der Waals surface area contributed by atoms with Gasteiger partial charge in [-0.3, -0.25) is 9.69 Å². The topological polar surface area (TPSA) is 60.4 Å². The first-order valence-electron chi connectivity index (χ1n) is 10.9. The lowest BCUT2D eigenvalue weighted by molar-refractivity contribution is -0.128. The zero-order valence-electron chi connectivity index (χ0n) is 17.4. The van der Waals surface area contributed by atoms with Crippen molar-refractivity contribution in [3.8, 4) is 0 Å². The van der Waals surface area contributed by atoms with Gasteiger partial charge in [-0.15, -0.1) is 0 Å². The van der Waals surface area contributed by atoms with E-state index in [0.717, 1.165) is 71.2 Å². The quantitative estimate of drug-likeness (QED) is 0.595. The number of likely N-dealkylation sites (tertiary alicyclic amines) is 2. The van der Waals surface area contributed by atoms with Crippen LogP contribution in [0.15, 0.2) is 35.3 Å². The van der Waals surface area contributed by atoms with Gasteiger partial charge in [-0.2, -0.15) is 0 Å². The number of fused-ring (bicyclic) bond motifs is 1. The molecule has 0 radical (unpaired) electrons. The molecule has 2 unspecified atom stereocenters. The number of rotatable bonds is 5. The summed E-state index contributed by atoms with van der Waals surface area (Å²) in [5, 5.41) is 3.38. The van der Waals surface area contributed by atoms with Crippen LogP contribution in [0.5, 0.6) is 0 Å². The van der Waals surface area contributed by atoms with E-state index in [1.165, 1.54) is 5.56 Å². The first-order chi connectivity index (χ1) is 14.2. The molecule has 7 heteroatoms. The van der Waals surface area contributed by atoms with Crippen molar-refractivity contribution in [1.82, 2.24) is 20.0 Å². The predicted octanol–water partition coefficient (Wildman–Crippen LogP) is 1.16. The number of carbonyl (C=O) groups excluding carboxylic acids is 1. The van der Waals surface area contributed by atoms with Gasteiger partial charge >= 0.3 is 0 Å². The number of hydrogen-bond acceptors (Lipinski definition) is 4. The molecule has 29 heavy (non-hydrogen) atoms. The van der Waals surface area contributed by atoms with Crippen molar-refractivity contribution >= 4 is 11.9 Å². The maximum atomic E-state index is 12.4. The summed E-state index contributed by atoms with van der Waals surface area (Å²) in [5.74, 6) is 0.967.